The van der Waals surface area contributed by atoms with Gasteiger partial charge in [-0.3, -0.25) is 0 Å². The molecule has 2 atom stereocenters. The summed E-state index contributed by atoms with van der Waals surface area (Å²) in [6.07, 6.45) is 6.94. The minimum atomic E-state index is 0.303. The van der Waals surface area contributed by atoms with Gasteiger partial charge in [-0.25, -0.2) is 0 Å². The lowest BCUT2D eigenvalue weighted by Gasteiger charge is -2.31. The molecule has 1 N–H and O–H groups in total. The van der Waals surface area contributed by atoms with Crippen LogP contribution in [0.25, 0.3) is 0 Å². The lowest BCUT2D eigenvalue weighted by Crippen LogP contribution is -2.36. The maximum Gasteiger partial charge on any atom is 0.0464 e. The van der Waals surface area contributed by atoms with Crippen molar-refractivity contribution in [2.24, 2.45) is 5.92 Å². The van der Waals surface area contributed by atoms with Gasteiger partial charge < -0.3 is 5.32 Å². The molecule has 0 saturated heterocycles. The zero-order valence-electron chi connectivity index (χ0n) is 11.8. The fourth-order valence-electron chi connectivity index (χ4n) is 3.11. The van der Waals surface area contributed by atoms with Crippen LogP contribution in [0.3, 0.4) is 0 Å². The predicted molar refractivity (Wildman–Crippen MR) is 86.7 cm³/mol. The maximum atomic E-state index is 6.32. The predicted octanol–water partition coefficient (Wildman–Crippen LogP) is 5.72. The molecule has 0 bridgehead atoms. The van der Waals surface area contributed by atoms with Gasteiger partial charge in [-0.1, -0.05) is 52.9 Å². The first-order chi connectivity index (χ1) is 9.08. The van der Waals surface area contributed by atoms with Gasteiger partial charge in [0.15, 0.2) is 0 Å². The first-order valence-electron chi connectivity index (χ1n) is 7.29. The Bertz CT molecular complexity index is 415. The maximum absolute atomic E-state index is 6.32. The number of benzene rings is 1. The number of nitrogens with one attached hydrogen (secondary N) is 1. The van der Waals surface area contributed by atoms with Crippen molar-refractivity contribution in [3.8, 4) is 0 Å². The Morgan fingerprint density at radius 2 is 1.89 bits per heavy atom. The third-order valence-electron chi connectivity index (χ3n) is 4.30. The molecular weight excluding hydrogens is 322 g/mol. The normalized spacial score (nSPS) is 20.2. The quantitative estimate of drug-likeness (QED) is 0.736. The van der Waals surface area contributed by atoms with Crippen molar-refractivity contribution in [1.82, 2.24) is 5.32 Å². The van der Waals surface area contributed by atoms with Gasteiger partial charge >= 0.3 is 0 Å². The van der Waals surface area contributed by atoms with Crippen molar-refractivity contribution in [2.45, 2.75) is 58.0 Å². The molecule has 1 unspecified atom stereocenters. The summed E-state index contributed by atoms with van der Waals surface area (Å²) in [6.45, 7) is 4.52. The Morgan fingerprint density at radius 1 is 1.21 bits per heavy atom. The average molecular weight is 345 g/mol. The van der Waals surface area contributed by atoms with Crippen LogP contribution in [0.2, 0.25) is 5.02 Å². The van der Waals surface area contributed by atoms with Crippen LogP contribution in [0, 0.1) is 5.92 Å². The zero-order chi connectivity index (χ0) is 13.8. The SMILES string of the molecule is CC(N[C@H](C)C1CCCCC1)c1ccc(Br)cc1Cl. The van der Waals surface area contributed by atoms with E-state index >= 15 is 0 Å². The van der Waals surface area contributed by atoms with E-state index in [1.54, 1.807) is 0 Å². The summed E-state index contributed by atoms with van der Waals surface area (Å²) in [5.74, 6) is 0.824. The minimum Gasteiger partial charge on any atom is -0.307 e. The van der Waals surface area contributed by atoms with Gasteiger partial charge in [0.2, 0.25) is 0 Å². The first kappa shape index (κ1) is 15.3. The molecule has 0 heterocycles. The van der Waals surface area contributed by atoms with Crippen molar-refractivity contribution in [1.29, 1.82) is 0 Å². The van der Waals surface area contributed by atoms with Crippen LogP contribution in [0.5, 0.6) is 0 Å². The topological polar surface area (TPSA) is 12.0 Å². The van der Waals surface area contributed by atoms with E-state index in [2.05, 4.69) is 47.2 Å². The summed E-state index contributed by atoms with van der Waals surface area (Å²) < 4.78 is 1.04. The summed E-state index contributed by atoms with van der Waals surface area (Å²) in [5.41, 5.74) is 1.19. The molecule has 1 aromatic carbocycles. The summed E-state index contributed by atoms with van der Waals surface area (Å²) in [5, 5.41) is 4.56. The van der Waals surface area contributed by atoms with Crippen LogP contribution < -0.4 is 5.32 Å². The molecule has 1 aliphatic rings. The number of halogens is 2. The van der Waals surface area contributed by atoms with Crippen LogP contribution in [0.1, 0.15) is 57.6 Å². The van der Waals surface area contributed by atoms with Crippen molar-refractivity contribution < 1.29 is 0 Å². The molecule has 0 amide bonds. The van der Waals surface area contributed by atoms with Crippen molar-refractivity contribution >= 4 is 27.5 Å². The molecule has 1 nitrogen and oxygen atoms in total. The Hall–Kier alpha value is -0.0500. The average Bonchev–Trinajstić information content (AvgIpc) is 2.39. The van der Waals surface area contributed by atoms with Crippen LogP contribution in [-0.2, 0) is 0 Å². The van der Waals surface area contributed by atoms with Gasteiger partial charge in [-0.05, 0) is 50.3 Å². The van der Waals surface area contributed by atoms with E-state index < -0.39 is 0 Å². The smallest absolute Gasteiger partial charge is 0.0464 e. The standard InChI is InChI=1S/C16H23BrClN/c1-11(13-6-4-3-5-7-13)19-12(2)15-9-8-14(17)10-16(15)18/h8-13,19H,3-7H2,1-2H3/t11-,12?/m1/s1. The van der Waals surface area contributed by atoms with E-state index in [-0.39, 0.29) is 0 Å². The van der Waals surface area contributed by atoms with Crippen molar-refractivity contribution in [3.63, 3.8) is 0 Å². The lowest BCUT2D eigenvalue weighted by atomic mass is 9.84. The number of hydrogen-bond donors (Lipinski definition) is 1. The second-order valence-electron chi connectivity index (χ2n) is 5.74. The second kappa shape index (κ2) is 7.10. The molecule has 2 rings (SSSR count). The molecule has 1 saturated carbocycles. The highest BCUT2D eigenvalue weighted by Gasteiger charge is 2.22. The first-order valence-corrected chi connectivity index (χ1v) is 8.46. The van der Waals surface area contributed by atoms with Gasteiger partial charge in [0.25, 0.3) is 0 Å². The van der Waals surface area contributed by atoms with Gasteiger partial charge in [0, 0.05) is 21.6 Å². The molecule has 19 heavy (non-hydrogen) atoms. The van der Waals surface area contributed by atoms with Crippen molar-refractivity contribution in [3.05, 3.63) is 33.3 Å². The Labute approximate surface area is 130 Å². The van der Waals surface area contributed by atoms with Crippen molar-refractivity contribution in [2.75, 3.05) is 0 Å². The summed E-state index contributed by atoms with van der Waals surface area (Å²) in [6, 6.07) is 7.01. The lowest BCUT2D eigenvalue weighted by molar-refractivity contribution is 0.268. The Balaban J connectivity index is 1.97. The molecule has 1 aromatic rings. The van der Waals surface area contributed by atoms with Gasteiger partial charge in [0.1, 0.15) is 0 Å². The fraction of sp³-hybridized carbons (Fsp3) is 0.625. The van der Waals surface area contributed by atoms with Gasteiger partial charge in [0.05, 0.1) is 0 Å². The van der Waals surface area contributed by atoms with Crippen LogP contribution >= 0.6 is 27.5 Å². The third kappa shape index (κ3) is 4.21. The second-order valence-corrected chi connectivity index (χ2v) is 7.06. The highest BCUT2D eigenvalue weighted by molar-refractivity contribution is 9.10. The van der Waals surface area contributed by atoms with Crippen LogP contribution in [0.15, 0.2) is 22.7 Å². The summed E-state index contributed by atoms with van der Waals surface area (Å²) >= 11 is 9.78. The Kier molecular flexibility index (Phi) is 5.73. The third-order valence-corrected chi connectivity index (χ3v) is 5.12. The van der Waals surface area contributed by atoms with E-state index in [1.165, 1.54) is 37.7 Å². The zero-order valence-corrected chi connectivity index (χ0v) is 14.1. The molecule has 0 aromatic heterocycles. The summed E-state index contributed by atoms with van der Waals surface area (Å²) in [7, 11) is 0. The van der Waals surface area contributed by atoms with Crippen LogP contribution in [-0.4, -0.2) is 6.04 Å². The molecule has 1 fully saturated rings. The highest BCUT2D eigenvalue weighted by Crippen LogP contribution is 2.30. The monoisotopic (exact) mass is 343 g/mol. The van der Waals surface area contributed by atoms with Crippen LogP contribution in [0.4, 0.5) is 0 Å². The largest absolute Gasteiger partial charge is 0.307 e. The molecule has 3 heteroatoms. The van der Waals surface area contributed by atoms with Gasteiger partial charge in [-0.2, -0.15) is 0 Å². The summed E-state index contributed by atoms with van der Waals surface area (Å²) in [4.78, 5) is 0. The number of hydrogen-bond acceptors (Lipinski definition) is 1. The molecular formula is C16H23BrClN. The molecule has 106 valence electrons. The molecule has 1 aliphatic carbocycles. The van der Waals surface area contributed by atoms with E-state index in [0.717, 1.165) is 15.4 Å². The number of rotatable bonds is 4. The fourth-order valence-corrected chi connectivity index (χ4v) is 3.94. The molecule has 0 radical (unpaired) electrons. The minimum absolute atomic E-state index is 0.303. The molecule has 0 aliphatic heterocycles. The van der Waals surface area contributed by atoms with E-state index in [9.17, 15) is 0 Å². The van der Waals surface area contributed by atoms with E-state index in [4.69, 9.17) is 11.6 Å². The van der Waals surface area contributed by atoms with E-state index in [1.807, 2.05) is 6.07 Å². The Morgan fingerprint density at radius 3 is 2.53 bits per heavy atom. The highest BCUT2D eigenvalue weighted by atomic mass is 79.9. The van der Waals surface area contributed by atoms with E-state index in [0.29, 0.717) is 12.1 Å². The molecule has 0 spiro atoms. The van der Waals surface area contributed by atoms with Gasteiger partial charge in [-0.15, -0.1) is 0 Å².